The number of aromatic nitrogens is 1. The highest BCUT2D eigenvalue weighted by Gasteiger charge is 2.45. The third kappa shape index (κ3) is 3.82. The van der Waals surface area contributed by atoms with Crippen LogP contribution in [0.2, 0.25) is 0 Å². The molecular formula is C24H25F2N5O. The van der Waals surface area contributed by atoms with E-state index in [1.807, 2.05) is 11.0 Å². The lowest BCUT2D eigenvalue weighted by atomic mass is 9.90. The summed E-state index contributed by atoms with van der Waals surface area (Å²) in [6, 6.07) is 10.2. The molecule has 1 unspecified atom stereocenters. The van der Waals surface area contributed by atoms with Crippen LogP contribution in [-0.4, -0.2) is 47.5 Å². The van der Waals surface area contributed by atoms with Crippen molar-refractivity contribution in [3.05, 3.63) is 59.3 Å². The molecule has 1 saturated carbocycles. The zero-order valence-electron chi connectivity index (χ0n) is 17.7. The Labute approximate surface area is 185 Å². The normalized spacial score (nSPS) is 23.2. The Morgan fingerprint density at radius 3 is 2.59 bits per heavy atom. The average molecular weight is 437 g/mol. The van der Waals surface area contributed by atoms with Gasteiger partial charge in [0.25, 0.3) is 0 Å². The highest BCUT2D eigenvalue weighted by atomic mass is 19.2. The highest BCUT2D eigenvalue weighted by Crippen LogP contribution is 2.45. The van der Waals surface area contributed by atoms with Crippen molar-refractivity contribution in [3.8, 4) is 6.07 Å². The van der Waals surface area contributed by atoms with Crippen LogP contribution in [0.5, 0.6) is 0 Å². The zero-order valence-corrected chi connectivity index (χ0v) is 17.7. The van der Waals surface area contributed by atoms with E-state index in [0.29, 0.717) is 25.1 Å². The van der Waals surface area contributed by atoms with Gasteiger partial charge < -0.3 is 15.1 Å². The van der Waals surface area contributed by atoms with Gasteiger partial charge in [0, 0.05) is 49.9 Å². The number of piperazine rings is 1. The summed E-state index contributed by atoms with van der Waals surface area (Å²) in [6.45, 7) is 1.94. The molecule has 2 bridgehead atoms. The summed E-state index contributed by atoms with van der Waals surface area (Å²) in [5.74, 6) is -0.696. The van der Waals surface area contributed by atoms with Crippen molar-refractivity contribution in [2.45, 2.75) is 49.7 Å². The van der Waals surface area contributed by atoms with E-state index in [4.69, 9.17) is 5.26 Å². The number of amides is 1. The molecule has 0 spiro atoms. The Balaban J connectivity index is 1.17. The van der Waals surface area contributed by atoms with Gasteiger partial charge in [-0.15, -0.1) is 0 Å². The molecule has 32 heavy (non-hydrogen) atoms. The number of nitrogens with zero attached hydrogens (tertiary/aromatic N) is 4. The summed E-state index contributed by atoms with van der Waals surface area (Å²) in [7, 11) is 0. The molecule has 3 aliphatic heterocycles. The van der Waals surface area contributed by atoms with Crippen molar-refractivity contribution in [2.24, 2.45) is 0 Å². The molecule has 1 aromatic carbocycles. The van der Waals surface area contributed by atoms with E-state index in [0.717, 1.165) is 49.7 Å². The maximum Gasteiger partial charge on any atom is 0.224 e. The van der Waals surface area contributed by atoms with Gasteiger partial charge in [0.2, 0.25) is 5.91 Å². The Morgan fingerprint density at radius 1 is 1.16 bits per heavy atom. The van der Waals surface area contributed by atoms with Crippen molar-refractivity contribution < 1.29 is 13.6 Å². The Bertz CT molecular complexity index is 1060. The van der Waals surface area contributed by atoms with Crippen molar-refractivity contribution in [1.29, 1.82) is 5.26 Å². The number of nitrogens with one attached hydrogen (secondary N) is 1. The fourth-order valence-corrected chi connectivity index (χ4v) is 5.08. The van der Waals surface area contributed by atoms with Crippen molar-refractivity contribution >= 4 is 11.7 Å². The van der Waals surface area contributed by atoms with Crippen LogP contribution in [0.4, 0.5) is 14.6 Å². The number of nitriles is 1. The molecule has 4 aliphatic rings. The predicted octanol–water partition coefficient (Wildman–Crippen LogP) is 3.08. The quantitative estimate of drug-likeness (QED) is 0.752. The van der Waals surface area contributed by atoms with Crippen molar-refractivity contribution in [2.75, 3.05) is 24.5 Å². The van der Waals surface area contributed by atoms with Crippen LogP contribution < -0.4 is 10.2 Å². The molecule has 0 radical (unpaired) electrons. The van der Waals surface area contributed by atoms with E-state index < -0.39 is 11.6 Å². The van der Waals surface area contributed by atoms with E-state index in [1.54, 1.807) is 18.3 Å². The van der Waals surface area contributed by atoms with Crippen LogP contribution in [0, 0.1) is 23.0 Å². The highest BCUT2D eigenvalue weighted by molar-refractivity contribution is 5.77. The molecule has 1 amide bonds. The van der Waals surface area contributed by atoms with Crippen LogP contribution >= 0.6 is 0 Å². The van der Waals surface area contributed by atoms with E-state index in [2.05, 4.69) is 21.3 Å². The first kappa shape index (κ1) is 20.8. The zero-order chi connectivity index (χ0) is 22.3. The summed E-state index contributed by atoms with van der Waals surface area (Å²) in [6.07, 6.45) is 5.68. The van der Waals surface area contributed by atoms with Crippen LogP contribution in [0.3, 0.4) is 0 Å². The van der Waals surface area contributed by atoms with Gasteiger partial charge in [-0.05, 0) is 55.5 Å². The minimum Gasteiger partial charge on any atom is -0.350 e. The van der Waals surface area contributed by atoms with Gasteiger partial charge in [-0.25, -0.2) is 13.8 Å². The van der Waals surface area contributed by atoms with Crippen LogP contribution in [0.25, 0.3) is 0 Å². The number of hydrogen-bond acceptors (Lipinski definition) is 5. The van der Waals surface area contributed by atoms with E-state index in [9.17, 15) is 13.6 Å². The van der Waals surface area contributed by atoms with Crippen molar-refractivity contribution in [1.82, 2.24) is 15.2 Å². The minimum atomic E-state index is -0.842. The molecule has 2 atom stereocenters. The summed E-state index contributed by atoms with van der Waals surface area (Å²) < 4.78 is 26.9. The second-order valence-electron chi connectivity index (χ2n) is 8.99. The number of pyridine rings is 1. The maximum absolute atomic E-state index is 13.6. The fourth-order valence-electron chi connectivity index (χ4n) is 5.08. The van der Waals surface area contributed by atoms with E-state index >= 15 is 0 Å². The smallest absolute Gasteiger partial charge is 0.224 e. The second kappa shape index (κ2) is 8.14. The summed E-state index contributed by atoms with van der Waals surface area (Å²) in [5.41, 5.74) is 0.941. The number of carbonyl (C=O) groups excluding carboxylic acids is 1. The third-order valence-corrected chi connectivity index (χ3v) is 7.05. The largest absolute Gasteiger partial charge is 0.350 e. The molecule has 1 aliphatic carbocycles. The first-order valence-corrected chi connectivity index (χ1v) is 11.1. The number of anilines is 1. The lowest BCUT2D eigenvalue weighted by Gasteiger charge is -2.52. The molecular weight excluding hydrogens is 412 g/mol. The molecule has 6 nitrogen and oxygen atoms in total. The van der Waals surface area contributed by atoms with Gasteiger partial charge in [0.1, 0.15) is 11.9 Å². The third-order valence-electron chi connectivity index (χ3n) is 7.05. The molecule has 4 heterocycles. The Morgan fingerprint density at radius 2 is 1.97 bits per heavy atom. The number of piperidine rings is 2. The first-order chi connectivity index (χ1) is 15.5. The van der Waals surface area contributed by atoms with Crippen molar-refractivity contribution in [3.63, 3.8) is 0 Å². The standard InChI is InChI=1S/C24H25F2N5O/c25-20-5-2-17(11-21(20)26)24(8-9-24)29-10-7-23(32)31-15-18-3-4-19(31)14-30(18)22-6-1-16(12-27)13-28-22/h1-2,5-6,11,13,18-19,29H,3-4,7-10,14-15H2/t18-,19?/m1/s1. The lowest BCUT2D eigenvalue weighted by molar-refractivity contribution is -0.136. The number of benzene rings is 1. The minimum absolute atomic E-state index is 0.126. The molecule has 1 N–H and O–H groups in total. The first-order valence-electron chi connectivity index (χ1n) is 11.1. The van der Waals surface area contributed by atoms with Gasteiger partial charge in [-0.3, -0.25) is 4.79 Å². The molecule has 8 heteroatoms. The Hall–Kier alpha value is -3.05. The van der Waals surface area contributed by atoms with Gasteiger partial charge >= 0.3 is 0 Å². The second-order valence-corrected chi connectivity index (χ2v) is 8.99. The average Bonchev–Trinajstić information content (AvgIpc) is 3.62. The molecule has 4 fully saturated rings. The summed E-state index contributed by atoms with van der Waals surface area (Å²) in [5, 5.41) is 12.4. The molecule has 6 rings (SSSR count). The number of rotatable bonds is 6. The SMILES string of the molecule is N#Cc1ccc(N2CC3CC[C@@H]2CN3C(=O)CCNC2(c3ccc(F)c(F)c3)CC2)nc1. The van der Waals surface area contributed by atoms with E-state index in [-0.39, 0.29) is 23.5 Å². The van der Waals surface area contributed by atoms with Gasteiger partial charge in [-0.1, -0.05) is 6.07 Å². The summed E-state index contributed by atoms with van der Waals surface area (Å²) >= 11 is 0. The molecule has 166 valence electrons. The van der Waals surface area contributed by atoms with Gasteiger partial charge in [0.15, 0.2) is 11.6 Å². The molecule has 3 saturated heterocycles. The monoisotopic (exact) mass is 437 g/mol. The van der Waals surface area contributed by atoms with Crippen LogP contribution in [0.1, 0.15) is 43.2 Å². The topological polar surface area (TPSA) is 72.3 Å². The fraction of sp³-hybridized carbons (Fsp3) is 0.458. The number of fused-ring (bicyclic) bond motifs is 3. The lowest BCUT2D eigenvalue weighted by Crippen LogP contribution is -2.64. The predicted molar refractivity (Wildman–Crippen MR) is 115 cm³/mol. The van der Waals surface area contributed by atoms with Gasteiger partial charge in [0.05, 0.1) is 5.56 Å². The number of halogens is 2. The molecule has 1 aromatic heterocycles. The molecule has 2 aromatic rings. The maximum atomic E-state index is 13.6. The number of hydrogen-bond donors (Lipinski definition) is 1. The van der Waals surface area contributed by atoms with E-state index in [1.165, 1.54) is 6.07 Å². The Kier molecular flexibility index (Phi) is 5.30. The van der Waals surface area contributed by atoms with Gasteiger partial charge in [-0.2, -0.15) is 5.26 Å². The number of carbonyl (C=O) groups is 1. The van der Waals surface area contributed by atoms with Crippen LogP contribution in [0.15, 0.2) is 36.5 Å². The van der Waals surface area contributed by atoms with Crippen LogP contribution in [-0.2, 0) is 10.3 Å². The summed E-state index contributed by atoms with van der Waals surface area (Å²) in [4.78, 5) is 21.6.